The van der Waals surface area contributed by atoms with Crippen LogP contribution in [0.4, 0.5) is 0 Å². The van der Waals surface area contributed by atoms with Crippen molar-refractivity contribution in [2.24, 2.45) is 5.73 Å². The first-order valence-corrected chi connectivity index (χ1v) is 7.27. The smallest absolute Gasteiger partial charge is 0.248 e. The molecule has 1 aromatic carbocycles. The number of nitrogens with two attached hydrogens (primary N) is 1. The third kappa shape index (κ3) is 3.72. The lowest BCUT2D eigenvalue weighted by Gasteiger charge is -2.40. The second kappa shape index (κ2) is 6.57. The van der Waals surface area contributed by atoms with Gasteiger partial charge in [-0.05, 0) is 37.9 Å². The summed E-state index contributed by atoms with van der Waals surface area (Å²) in [6.07, 6.45) is 1.75. The first-order valence-electron chi connectivity index (χ1n) is 6.89. The normalized spacial score (nSPS) is 23.1. The van der Waals surface area contributed by atoms with E-state index in [1.807, 2.05) is 36.1 Å². The number of benzene rings is 1. The zero-order valence-corrected chi connectivity index (χ0v) is 12.5. The Hall–Kier alpha value is -1.10. The Kier molecular flexibility index (Phi) is 5.02. The van der Waals surface area contributed by atoms with Crippen molar-refractivity contribution in [3.63, 3.8) is 0 Å². The zero-order valence-electron chi connectivity index (χ0n) is 11.8. The molecule has 1 unspecified atom stereocenters. The van der Waals surface area contributed by atoms with Crippen LogP contribution in [0.1, 0.15) is 25.3 Å². The highest BCUT2D eigenvalue weighted by molar-refractivity contribution is 6.31. The van der Waals surface area contributed by atoms with E-state index >= 15 is 0 Å². The van der Waals surface area contributed by atoms with Crippen molar-refractivity contribution < 1.29 is 9.53 Å². The van der Waals surface area contributed by atoms with Crippen LogP contribution in [0.15, 0.2) is 24.3 Å². The lowest BCUT2D eigenvalue weighted by atomic mass is 9.97. The molecule has 1 aliphatic heterocycles. The van der Waals surface area contributed by atoms with Crippen molar-refractivity contribution in [2.75, 3.05) is 19.7 Å². The molecule has 110 valence electrons. The van der Waals surface area contributed by atoms with Crippen molar-refractivity contribution in [1.29, 1.82) is 0 Å². The Balaban J connectivity index is 2.06. The van der Waals surface area contributed by atoms with Crippen LogP contribution in [-0.4, -0.2) is 36.1 Å². The van der Waals surface area contributed by atoms with E-state index in [0.29, 0.717) is 24.7 Å². The Morgan fingerprint density at radius 1 is 1.45 bits per heavy atom. The van der Waals surface area contributed by atoms with Crippen LogP contribution in [0.3, 0.4) is 0 Å². The van der Waals surface area contributed by atoms with E-state index in [0.717, 1.165) is 18.4 Å². The third-order valence-electron chi connectivity index (χ3n) is 3.65. The Labute approximate surface area is 124 Å². The van der Waals surface area contributed by atoms with Crippen LogP contribution < -0.4 is 5.73 Å². The van der Waals surface area contributed by atoms with Gasteiger partial charge in [0.15, 0.2) is 0 Å². The Morgan fingerprint density at radius 3 is 2.90 bits per heavy atom. The van der Waals surface area contributed by atoms with E-state index in [2.05, 4.69) is 0 Å². The molecule has 1 amide bonds. The minimum Gasteiger partial charge on any atom is -0.364 e. The van der Waals surface area contributed by atoms with Crippen molar-refractivity contribution in [2.45, 2.75) is 31.9 Å². The summed E-state index contributed by atoms with van der Waals surface area (Å²) < 4.78 is 5.70. The van der Waals surface area contributed by atoms with Crippen molar-refractivity contribution in [1.82, 2.24) is 4.90 Å². The van der Waals surface area contributed by atoms with Crippen LogP contribution in [0.2, 0.25) is 5.02 Å². The van der Waals surface area contributed by atoms with Gasteiger partial charge in [0.25, 0.3) is 0 Å². The minimum absolute atomic E-state index is 0.00939. The van der Waals surface area contributed by atoms with E-state index in [-0.39, 0.29) is 18.1 Å². The largest absolute Gasteiger partial charge is 0.364 e. The van der Waals surface area contributed by atoms with Gasteiger partial charge in [0.05, 0.1) is 5.60 Å². The first kappa shape index (κ1) is 15.3. The summed E-state index contributed by atoms with van der Waals surface area (Å²) in [5.41, 5.74) is 6.21. The highest BCUT2D eigenvalue weighted by Crippen LogP contribution is 2.26. The summed E-state index contributed by atoms with van der Waals surface area (Å²) in [5, 5.41) is 0.690. The van der Waals surface area contributed by atoms with Gasteiger partial charge in [-0.1, -0.05) is 29.8 Å². The molecule has 2 rings (SSSR count). The molecule has 1 atom stereocenters. The SMILES string of the molecule is CC1(CCCN)CN(Cc2ccccc2Cl)C(=O)CO1. The van der Waals surface area contributed by atoms with Gasteiger partial charge in [-0.2, -0.15) is 0 Å². The lowest BCUT2D eigenvalue weighted by Crippen LogP contribution is -2.52. The van der Waals surface area contributed by atoms with Gasteiger partial charge in [0.1, 0.15) is 6.61 Å². The fourth-order valence-electron chi connectivity index (χ4n) is 2.47. The molecule has 5 heteroatoms. The lowest BCUT2D eigenvalue weighted by molar-refractivity contribution is -0.163. The molecule has 0 bridgehead atoms. The number of ether oxygens (including phenoxy) is 1. The van der Waals surface area contributed by atoms with Gasteiger partial charge in [0, 0.05) is 18.1 Å². The summed E-state index contributed by atoms with van der Waals surface area (Å²) >= 11 is 6.16. The number of halogens is 1. The molecule has 4 nitrogen and oxygen atoms in total. The summed E-state index contributed by atoms with van der Waals surface area (Å²) in [6.45, 7) is 3.91. The minimum atomic E-state index is -0.311. The number of hydrogen-bond donors (Lipinski definition) is 1. The number of morpholine rings is 1. The molecule has 1 heterocycles. The zero-order chi connectivity index (χ0) is 14.6. The average Bonchev–Trinajstić information content (AvgIpc) is 2.44. The molecular formula is C15H21ClN2O2. The number of rotatable bonds is 5. The second-order valence-corrected chi connectivity index (χ2v) is 5.88. The number of carbonyl (C=O) groups is 1. The van der Waals surface area contributed by atoms with Crippen LogP contribution in [-0.2, 0) is 16.1 Å². The average molecular weight is 297 g/mol. The topological polar surface area (TPSA) is 55.6 Å². The fourth-order valence-corrected chi connectivity index (χ4v) is 2.66. The van der Waals surface area contributed by atoms with E-state index in [4.69, 9.17) is 22.1 Å². The summed E-state index contributed by atoms with van der Waals surface area (Å²) in [7, 11) is 0. The standard InChI is InChI=1S/C15H21ClN2O2/c1-15(7-4-8-17)11-18(14(19)10-20-15)9-12-5-2-3-6-13(12)16/h2-3,5-6H,4,7-11,17H2,1H3. The molecule has 0 saturated carbocycles. The molecule has 0 aliphatic carbocycles. The molecule has 1 aromatic rings. The number of nitrogens with zero attached hydrogens (tertiary/aromatic N) is 1. The maximum absolute atomic E-state index is 12.0. The van der Waals surface area contributed by atoms with Gasteiger partial charge in [-0.3, -0.25) is 4.79 Å². The second-order valence-electron chi connectivity index (χ2n) is 5.47. The van der Waals surface area contributed by atoms with Crippen molar-refractivity contribution in [3.05, 3.63) is 34.9 Å². The number of carbonyl (C=O) groups excluding carboxylic acids is 1. The first-order chi connectivity index (χ1) is 9.54. The van der Waals surface area contributed by atoms with Crippen LogP contribution >= 0.6 is 11.6 Å². The van der Waals surface area contributed by atoms with Gasteiger partial charge in [-0.25, -0.2) is 0 Å². The van der Waals surface area contributed by atoms with Gasteiger partial charge in [-0.15, -0.1) is 0 Å². The maximum atomic E-state index is 12.0. The number of hydrogen-bond acceptors (Lipinski definition) is 3. The van der Waals surface area contributed by atoms with E-state index in [1.165, 1.54) is 0 Å². The molecule has 0 radical (unpaired) electrons. The quantitative estimate of drug-likeness (QED) is 0.906. The molecule has 1 fully saturated rings. The monoisotopic (exact) mass is 296 g/mol. The van der Waals surface area contributed by atoms with Gasteiger partial charge in [0.2, 0.25) is 5.91 Å². The summed E-state index contributed by atoms with van der Waals surface area (Å²) in [5.74, 6) is 0.00939. The van der Waals surface area contributed by atoms with Crippen LogP contribution in [0, 0.1) is 0 Å². The Morgan fingerprint density at radius 2 is 2.20 bits per heavy atom. The molecule has 1 aliphatic rings. The summed E-state index contributed by atoms with van der Waals surface area (Å²) in [4.78, 5) is 13.8. The highest BCUT2D eigenvalue weighted by atomic mass is 35.5. The third-order valence-corrected chi connectivity index (χ3v) is 4.02. The fraction of sp³-hybridized carbons (Fsp3) is 0.533. The highest BCUT2D eigenvalue weighted by Gasteiger charge is 2.35. The van der Waals surface area contributed by atoms with Crippen LogP contribution in [0.5, 0.6) is 0 Å². The van der Waals surface area contributed by atoms with Gasteiger partial charge >= 0.3 is 0 Å². The van der Waals surface area contributed by atoms with Crippen LogP contribution in [0.25, 0.3) is 0 Å². The molecule has 1 saturated heterocycles. The number of amides is 1. The van der Waals surface area contributed by atoms with E-state index in [9.17, 15) is 4.79 Å². The molecular weight excluding hydrogens is 276 g/mol. The van der Waals surface area contributed by atoms with E-state index in [1.54, 1.807) is 0 Å². The maximum Gasteiger partial charge on any atom is 0.248 e. The van der Waals surface area contributed by atoms with E-state index < -0.39 is 0 Å². The molecule has 0 spiro atoms. The predicted molar refractivity (Wildman–Crippen MR) is 79.5 cm³/mol. The van der Waals surface area contributed by atoms with Gasteiger partial charge < -0.3 is 15.4 Å². The molecule has 20 heavy (non-hydrogen) atoms. The Bertz CT molecular complexity index is 481. The predicted octanol–water partition coefficient (Wildman–Crippen LogP) is 2.20. The van der Waals surface area contributed by atoms with Crippen molar-refractivity contribution >= 4 is 17.5 Å². The molecule has 2 N–H and O–H groups in total. The molecule has 0 aromatic heterocycles. The summed E-state index contributed by atoms with van der Waals surface area (Å²) in [6, 6.07) is 7.61. The van der Waals surface area contributed by atoms with Crippen molar-refractivity contribution in [3.8, 4) is 0 Å².